The lowest BCUT2D eigenvalue weighted by molar-refractivity contribution is 1.13. The number of hydrogen-bond acceptors (Lipinski definition) is 1. The molecular weight excluding hydrogens is 334 g/mol. The van der Waals surface area contributed by atoms with Crippen molar-refractivity contribution in [3.8, 4) is 0 Å². The van der Waals surface area contributed by atoms with Gasteiger partial charge in [0.25, 0.3) is 0 Å². The Bertz CT molecular complexity index is 908. The third-order valence-electron chi connectivity index (χ3n) is 4.01. The largest absolute Gasteiger partial charge is 0.350 e. The van der Waals surface area contributed by atoms with Crippen LogP contribution in [0.4, 0.5) is 0 Å². The number of fused-ring (bicyclic) bond motifs is 1. The lowest BCUT2D eigenvalue weighted by Crippen LogP contribution is -1.96. The second kappa shape index (κ2) is 6.76. The number of hydrogen-bond donors (Lipinski definition) is 1. The van der Waals surface area contributed by atoms with Crippen LogP contribution in [-0.2, 0) is 0 Å². The molecule has 4 aromatic rings. The summed E-state index contributed by atoms with van der Waals surface area (Å²) in [6.45, 7) is 0. The molecule has 0 aliphatic rings. The Morgan fingerprint density at radius 2 is 1.38 bits per heavy atom. The van der Waals surface area contributed by atoms with Crippen LogP contribution in [-0.4, -0.2) is 4.98 Å². The third-order valence-corrected chi connectivity index (χ3v) is 5.50. The van der Waals surface area contributed by atoms with Crippen LogP contribution in [0.15, 0.2) is 90.0 Å². The predicted octanol–water partition coefficient (Wildman–Crippen LogP) is 6.70. The molecule has 0 unspecified atom stereocenters. The SMILES string of the molecule is Clc1ccc2cc(SC(c3ccccc3)c3ccccc3)[nH]c2c1. The van der Waals surface area contributed by atoms with Gasteiger partial charge in [0, 0.05) is 15.9 Å². The summed E-state index contributed by atoms with van der Waals surface area (Å²) in [6, 6.07) is 29.4. The number of nitrogens with one attached hydrogen (secondary N) is 1. The van der Waals surface area contributed by atoms with Crippen molar-refractivity contribution in [2.75, 3.05) is 0 Å². The van der Waals surface area contributed by atoms with E-state index in [0.717, 1.165) is 15.6 Å². The number of thioether (sulfide) groups is 1. The molecule has 118 valence electrons. The maximum Gasteiger partial charge on any atom is 0.0741 e. The fraction of sp³-hybridized carbons (Fsp3) is 0.0476. The van der Waals surface area contributed by atoms with Crippen molar-refractivity contribution in [3.05, 3.63) is 101 Å². The van der Waals surface area contributed by atoms with E-state index in [0.29, 0.717) is 0 Å². The molecule has 24 heavy (non-hydrogen) atoms. The summed E-state index contributed by atoms with van der Waals surface area (Å²) in [7, 11) is 0. The fourth-order valence-electron chi connectivity index (χ4n) is 2.85. The number of aromatic amines is 1. The molecule has 0 amide bonds. The highest BCUT2D eigenvalue weighted by molar-refractivity contribution is 7.99. The van der Waals surface area contributed by atoms with Gasteiger partial charge in [-0.1, -0.05) is 90.1 Å². The van der Waals surface area contributed by atoms with E-state index in [1.165, 1.54) is 16.5 Å². The van der Waals surface area contributed by atoms with Crippen LogP contribution in [0.5, 0.6) is 0 Å². The quantitative estimate of drug-likeness (QED) is 0.405. The minimum absolute atomic E-state index is 0.246. The highest BCUT2D eigenvalue weighted by atomic mass is 35.5. The van der Waals surface area contributed by atoms with Crippen LogP contribution in [0.25, 0.3) is 10.9 Å². The Kier molecular flexibility index (Phi) is 4.33. The van der Waals surface area contributed by atoms with E-state index >= 15 is 0 Å². The number of H-pyrrole nitrogens is 1. The van der Waals surface area contributed by atoms with Gasteiger partial charge in [0.2, 0.25) is 0 Å². The first-order valence-electron chi connectivity index (χ1n) is 7.84. The summed E-state index contributed by atoms with van der Waals surface area (Å²) >= 11 is 7.93. The van der Waals surface area contributed by atoms with Crippen LogP contribution in [0.1, 0.15) is 16.4 Å². The maximum absolute atomic E-state index is 6.10. The van der Waals surface area contributed by atoms with Gasteiger partial charge < -0.3 is 4.98 Å². The Morgan fingerprint density at radius 1 is 0.750 bits per heavy atom. The summed E-state index contributed by atoms with van der Waals surface area (Å²) in [5, 5.41) is 3.33. The number of aromatic nitrogens is 1. The molecule has 1 aromatic heterocycles. The number of benzene rings is 3. The first-order valence-corrected chi connectivity index (χ1v) is 9.10. The second-order valence-corrected chi connectivity index (χ2v) is 7.27. The third kappa shape index (κ3) is 3.21. The van der Waals surface area contributed by atoms with Gasteiger partial charge in [-0.3, -0.25) is 0 Å². The molecule has 0 fully saturated rings. The van der Waals surface area contributed by atoms with Gasteiger partial charge in [0.15, 0.2) is 0 Å². The molecule has 3 aromatic carbocycles. The lowest BCUT2D eigenvalue weighted by atomic mass is 10.0. The second-order valence-electron chi connectivity index (χ2n) is 5.68. The zero-order valence-corrected chi connectivity index (χ0v) is 14.5. The fourth-order valence-corrected chi connectivity index (χ4v) is 4.22. The van der Waals surface area contributed by atoms with Crippen LogP contribution in [0, 0.1) is 0 Å². The van der Waals surface area contributed by atoms with Gasteiger partial charge in [0.05, 0.1) is 10.3 Å². The first kappa shape index (κ1) is 15.4. The summed E-state index contributed by atoms with van der Waals surface area (Å²) in [4.78, 5) is 3.48. The molecule has 0 aliphatic carbocycles. The van der Waals surface area contributed by atoms with E-state index in [-0.39, 0.29) is 5.25 Å². The molecule has 0 spiro atoms. The van der Waals surface area contributed by atoms with Crippen LogP contribution in [0.3, 0.4) is 0 Å². The lowest BCUT2D eigenvalue weighted by Gasteiger charge is -2.16. The van der Waals surface area contributed by atoms with Crippen molar-refractivity contribution in [2.24, 2.45) is 0 Å². The molecule has 1 N–H and O–H groups in total. The van der Waals surface area contributed by atoms with E-state index in [1.54, 1.807) is 0 Å². The zero-order chi connectivity index (χ0) is 16.4. The van der Waals surface area contributed by atoms with Gasteiger partial charge in [-0.25, -0.2) is 0 Å². The molecule has 1 nitrogen and oxygen atoms in total. The average Bonchev–Trinajstić information content (AvgIpc) is 3.03. The van der Waals surface area contributed by atoms with Crippen LogP contribution >= 0.6 is 23.4 Å². The minimum Gasteiger partial charge on any atom is -0.350 e. The number of halogens is 1. The Hall–Kier alpha value is -2.16. The summed E-state index contributed by atoms with van der Waals surface area (Å²) in [6.07, 6.45) is 0. The monoisotopic (exact) mass is 349 g/mol. The smallest absolute Gasteiger partial charge is 0.0741 e. The normalized spacial score (nSPS) is 11.2. The van der Waals surface area contributed by atoms with E-state index in [9.17, 15) is 0 Å². The summed E-state index contributed by atoms with van der Waals surface area (Å²) in [5.41, 5.74) is 3.67. The molecule has 0 radical (unpaired) electrons. The maximum atomic E-state index is 6.10. The molecular formula is C21H16ClNS. The molecule has 4 rings (SSSR count). The molecule has 3 heteroatoms. The molecule has 0 saturated carbocycles. The molecule has 0 atom stereocenters. The topological polar surface area (TPSA) is 15.8 Å². The van der Waals surface area contributed by atoms with E-state index in [4.69, 9.17) is 11.6 Å². The first-order chi connectivity index (χ1) is 11.8. The van der Waals surface area contributed by atoms with Crippen molar-refractivity contribution in [1.82, 2.24) is 4.98 Å². The average molecular weight is 350 g/mol. The highest BCUT2D eigenvalue weighted by Crippen LogP contribution is 2.41. The van der Waals surface area contributed by atoms with Crippen molar-refractivity contribution >= 4 is 34.3 Å². The van der Waals surface area contributed by atoms with Crippen molar-refractivity contribution in [2.45, 2.75) is 10.3 Å². The molecule has 0 bridgehead atoms. The minimum atomic E-state index is 0.246. The summed E-state index contributed by atoms with van der Waals surface area (Å²) < 4.78 is 0. The Labute approximate surface area is 150 Å². The van der Waals surface area contributed by atoms with Crippen molar-refractivity contribution in [1.29, 1.82) is 0 Å². The Balaban J connectivity index is 1.73. The number of rotatable bonds is 4. The predicted molar refractivity (Wildman–Crippen MR) is 104 cm³/mol. The van der Waals surface area contributed by atoms with Gasteiger partial charge in [-0.2, -0.15) is 0 Å². The standard InChI is InChI=1S/C21H16ClNS/c22-18-12-11-17-13-20(23-19(17)14-18)24-21(15-7-3-1-4-8-15)16-9-5-2-6-10-16/h1-14,21,23H. The van der Waals surface area contributed by atoms with Crippen molar-refractivity contribution < 1.29 is 0 Å². The van der Waals surface area contributed by atoms with Gasteiger partial charge in [0.1, 0.15) is 0 Å². The van der Waals surface area contributed by atoms with E-state index < -0.39 is 0 Å². The van der Waals surface area contributed by atoms with Crippen LogP contribution < -0.4 is 0 Å². The van der Waals surface area contributed by atoms with Gasteiger partial charge in [-0.15, -0.1) is 0 Å². The van der Waals surface area contributed by atoms with Crippen molar-refractivity contribution in [3.63, 3.8) is 0 Å². The van der Waals surface area contributed by atoms with E-state index in [2.05, 4.69) is 77.8 Å². The highest BCUT2D eigenvalue weighted by Gasteiger charge is 2.16. The zero-order valence-electron chi connectivity index (χ0n) is 12.9. The van der Waals surface area contributed by atoms with E-state index in [1.807, 2.05) is 23.9 Å². The van der Waals surface area contributed by atoms with Gasteiger partial charge >= 0.3 is 0 Å². The van der Waals surface area contributed by atoms with Gasteiger partial charge in [-0.05, 0) is 29.3 Å². The van der Waals surface area contributed by atoms with Crippen LogP contribution in [0.2, 0.25) is 5.02 Å². The molecule has 0 saturated heterocycles. The molecule has 0 aliphatic heterocycles. The molecule has 1 heterocycles. The Morgan fingerprint density at radius 3 is 2.00 bits per heavy atom. The summed E-state index contributed by atoms with van der Waals surface area (Å²) in [5.74, 6) is 0.